The fraction of sp³-hybridized carbons (Fsp3) is 0.208. The summed E-state index contributed by atoms with van der Waals surface area (Å²) in [5.74, 6) is 0.344. The molecule has 0 aliphatic heterocycles. The highest BCUT2D eigenvalue weighted by atomic mass is 32.1. The Morgan fingerprint density at radius 1 is 1.03 bits per heavy atom. The fourth-order valence-corrected chi connectivity index (χ4v) is 4.30. The maximum atomic E-state index is 13.3. The molecule has 0 aliphatic carbocycles. The second kappa shape index (κ2) is 8.84. The quantitative estimate of drug-likeness (QED) is 0.485. The number of aromatic nitrogens is 2. The molecule has 0 spiro atoms. The summed E-state index contributed by atoms with van der Waals surface area (Å²) in [6, 6.07) is 14.1. The number of thiophene rings is 1. The first-order chi connectivity index (χ1) is 15.4. The summed E-state index contributed by atoms with van der Waals surface area (Å²) in [5.41, 5.74) is 2.63. The lowest BCUT2D eigenvalue weighted by Gasteiger charge is -2.13. The van der Waals surface area contributed by atoms with Gasteiger partial charge in [-0.2, -0.15) is 0 Å². The molecule has 0 bridgehead atoms. The number of carbonyl (C=O) groups is 1. The molecule has 7 nitrogen and oxygen atoms in total. The minimum atomic E-state index is -0.550. The van der Waals surface area contributed by atoms with Crippen molar-refractivity contribution in [2.24, 2.45) is 0 Å². The summed E-state index contributed by atoms with van der Waals surface area (Å²) in [7, 11) is 0. The van der Waals surface area contributed by atoms with Gasteiger partial charge in [0, 0.05) is 5.69 Å². The number of hydrogen-bond donors (Lipinski definition) is 1. The fourth-order valence-electron chi connectivity index (χ4n) is 3.48. The summed E-state index contributed by atoms with van der Waals surface area (Å²) in [6.07, 6.45) is 0. The second-order valence-corrected chi connectivity index (χ2v) is 8.33. The van der Waals surface area contributed by atoms with Crippen LogP contribution in [0.2, 0.25) is 0 Å². The average Bonchev–Trinajstić information content (AvgIpc) is 3.25. The van der Waals surface area contributed by atoms with Gasteiger partial charge in [-0.1, -0.05) is 6.07 Å². The Labute approximate surface area is 188 Å². The number of nitrogens with one attached hydrogen (secondary N) is 1. The van der Waals surface area contributed by atoms with Crippen LogP contribution in [-0.4, -0.2) is 21.6 Å². The Morgan fingerprint density at radius 2 is 1.78 bits per heavy atom. The van der Waals surface area contributed by atoms with E-state index in [1.54, 1.807) is 41.8 Å². The lowest BCUT2D eigenvalue weighted by atomic mass is 10.1. The lowest BCUT2D eigenvalue weighted by molar-refractivity contribution is -0.116. The molecule has 32 heavy (non-hydrogen) atoms. The number of nitrogens with zero attached hydrogens (tertiary/aromatic N) is 2. The third kappa shape index (κ3) is 4.09. The van der Waals surface area contributed by atoms with E-state index in [-0.39, 0.29) is 18.0 Å². The molecule has 0 saturated heterocycles. The number of fused-ring (bicyclic) bond motifs is 1. The first-order valence-electron chi connectivity index (χ1n) is 10.2. The minimum Gasteiger partial charge on any atom is -0.494 e. The molecule has 2 aromatic carbocycles. The van der Waals surface area contributed by atoms with Gasteiger partial charge in [0.05, 0.1) is 17.8 Å². The van der Waals surface area contributed by atoms with Crippen molar-refractivity contribution in [2.75, 3.05) is 11.9 Å². The summed E-state index contributed by atoms with van der Waals surface area (Å²) in [4.78, 5) is 39.2. The molecule has 0 aliphatic rings. The number of anilines is 1. The van der Waals surface area contributed by atoms with Crippen molar-refractivity contribution in [3.8, 4) is 11.4 Å². The summed E-state index contributed by atoms with van der Waals surface area (Å²) in [6.45, 7) is 6.13. The van der Waals surface area contributed by atoms with E-state index in [1.807, 2.05) is 32.9 Å². The number of carbonyl (C=O) groups excluding carboxylic acids is 1. The Bertz CT molecular complexity index is 1410. The molecular weight excluding hydrogens is 426 g/mol. The second-order valence-electron chi connectivity index (χ2n) is 7.42. The highest BCUT2D eigenvalue weighted by molar-refractivity contribution is 7.17. The zero-order valence-electron chi connectivity index (χ0n) is 18.0. The molecular formula is C24H23N3O4S. The van der Waals surface area contributed by atoms with E-state index >= 15 is 0 Å². The van der Waals surface area contributed by atoms with Crippen LogP contribution < -0.4 is 21.3 Å². The third-order valence-corrected chi connectivity index (χ3v) is 6.15. The third-order valence-electron chi connectivity index (χ3n) is 5.25. The van der Waals surface area contributed by atoms with Crippen LogP contribution in [0.1, 0.15) is 18.1 Å². The van der Waals surface area contributed by atoms with Crippen LogP contribution >= 0.6 is 11.3 Å². The maximum Gasteiger partial charge on any atom is 0.336 e. The normalized spacial score (nSPS) is 11.0. The molecule has 0 atom stereocenters. The van der Waals surface area contributed by atoms with E-state index in [4.69, 9.17) is 4.74 Å². The smallest absolute Gasteiger partial charge is 0.336 e. The zero-order chi connectivity index (χ0) is 22.8. The molecule has 2 heterocycles. The number of hydrogen-bond acceptors (Lipinski definition) is 5. The predicted molar refractivity (Wildman–Crippen MR) is 127 cm³/mol. The van der Waals surface area contributed by atoms with Crippen LogP contribution in [0.25, 0.3) is 15.9 Å². The number of benzene rings is 2. The Balaban J connectivity index is 1.71. The van der Waals surface area contributed by atoms with Crippen LogP contribution in [0.3, 0.4) is 0 Å². The van der Waals surface area contributed by atoms with E-state index in [2.05, 4.69) is 5.32 Å². The van der Waals surface area contributed by atoms with Gasteiger partial charge in [0.1, 0.15) is 17.0 Å². The van der Waals surface area contributed by atoms with Crippen molar-refractivity contribution >= 4 is 33.1 Å². The van der Waals surface area contributed by atoms with Crippen molar-refractivity contribution in [2.45, 2.75) is 27.3 Å². The molecule has 0 saturated carbocycles. The van der Waals surface area contributed by atoms with E-state index in [0.29, 0.717) is 33.9 Å². The molecule has 0 radical (unpaired) electrons. The molecule has 4 aromatic rings. The largest absolute Gasteiger partial charge is 0.494 e. The standard InChI is InChI=1S/C24H23N3O4S/c1-4-31-19-9-6-17(7-10-19)25-21(28)14-26-20-11-12-32-22(20)23(29)27(24(26)30)18-8-5-15(2)16(3)13-18/h5-13H,4,14H2,1-3H3,(H,25,28). The lowest BCUT2D eigenvalue weighted by Crippen LogP contribution is -2.40. The van der Waals surface area contributed by atoms with Crippen LogP contribution in [0, 0.1) is 13.8 Å². The van der Waals surface area contributed by atoms with Gasteiger partial charge >= 0.3 is 5.69 Å². The van der Waals surface area contributed by atoms with Crippen molar-refractivity contribution in [1.82, 2.24) is 9.13 Å². The summed E-state index contributed by atoms with van der Waals surface area (Å²) in [5, 5.41) is 4.54. The molecule has 0 fully saturated rings. The first kappa shape index (κ1) is 21.6. The van der Waals surface area contributed by atoms with Gasteiger partial charge in [-0.15, -0.1) is 11.3 Å². The average molecular weight is 450 g/mol. The number of aryl methyl sites for hydroxylation is 2. The Morgan fingerprint density at radius 3 is 2.47 bits per heavy atom. The van der Waals surface area contributed by atoms with Gasteiger partial charge < -0.3 is 10.1 Å². The molecule has 1 N–H and O–H groups in total. The van der Waals surface area contributed by atoms with E-state index in [0.717, 1.165) is 15.7 Å². The van der Waals surface area contributed by atoms with Gasteiger partial charge in [0.2, 0.25) is 5.91 Å². The zero-order valence-corrected chi connectivity index (χ0v) is 18.9. The van der Waals surface area contributed by atoms with Gasteiger partial charge in [0.25, 0.3) is 5.56 Å². The monoisotopic (exact) mass is 449 g/mol. The topological polar surface area (TPSA) is 82.3 Å². The first-order valence-corrected chi connectivity index (χ1v) is 11.1. The van der Waals surface area contributed by atoms with Gasteiger partial charge in [-0.25, -0.2) is 9.36 Å². The van der Waals surface area contributed by atoms with E-state index < -0.39 is 5.69 Å². The molecule has 2 aromatic heterocycles. The molecule has 0 unspecified atom stereocenters. The minimum absolute atomic E-state index is 0.218. The van der Waals surface area contributed by atoms with E-state index in [9.17, 15) is 14.4 Å². The number of rotatable bonds is 6. The molecule has 164 valence electrons. The van der Waals surface area contributed by atoms with Crippen LogP contribution in [-0.2, 0) is 11.3 Å². The summed E-state index contributed by atoms with van der Waals surface area (Å²) >= 11 is 1.25. The summed E-state index contributed by atoms with van der Waals surface area (Å²) < 4.78 is 8.31. The molecule has 8 heteroatoms. The van der Waals surface area contributed by atoms with Crippen LogP contribution in [0.4, 0.5) is 5.69 Å². The van der Waals surface area contributed by atoms with Crippen molar-refractivity contribution < 1.29 is 9.53 Å². The Kier molecular flexibility index (Phi) is 5.96. The van der Waals surface area contributed by atoms with Crippen LogP contribution in [0.15, 0.2) is 63.5 Å². The molecule has 1 amide bonds. The van der Waals surface area contributed by atoms with E-state index in [1.165, 1.54) is 15.9 Å². The van der Waals surface area contributed by atoms with Crippen molar-refractivity contribution in [3.63, 3.8) is 0 Å². The molecule has 4 rings (SSSR count). The van der Waals surface area contributed by atoms with Gasteiger partial charge in [-0.05, 0) is 79.7 Å². The number of amides is 1. The Hall–Kier alpha value is -3.65. The van der Waals surface area contributed by atoms with Gasteiger partial charge in [0.15, 0.2) is 0 Å². The number of ether oxygens (including phenoxy) is 1. The van der Waals surface area contributed by atoms with Crippen molar-refractivity contribution in [1.29, 1.82) is 0 Å². The highest BCUT2D eigenvalue weighted by Crippen LogP contribution is 2.19. The van der Waals surface area contributed by atoms with Gasteiger partial charge in [-0.3, -0.25) is 14.2 Å². The van der Waals surface area contributed by atoms with Crippen LogP contribution in [0.5, 0.6) is 5.75 Å². The SMILES string of the molecule is CCOc1ccc(NC(=O)Cn2c(=O)n(-c3ccc(C)c(C)c3)c(=O)c3sccc32)cc1. The predicted octanol–water partition coefficient (Wildman–Crippen LogP) is 3.87. The highest BCUT2D eigenvalue weighted by Gasteiger charge is 2.18. The van der Waals surface area contributed by atoms with Crippen molar-refractivity contribution in [3.05, 3.63) is 85.9 Å². The maximum absolute atomic E-state index is 13.3.